The second kappa shape index (κ2) is 4.80. The van der Waals surface area contributed by atoms with Gasteiger partial charge in [-0.25, -0.2) is 9.59 Å². The molecule has 4 nitrogen and oxygen atoms in total. The van der Waals surface area contributed by atoms with Gasteiger partial charge >= 0.3 is 11.9 Å². The molecule has 1 heterocycles. The normalized spacial score (nSPS) is 22.7. The van der Waals surface area contributed by atoms with E-state index >= 15 is 0 Å². The van der Waals surface area contributed by atoms with Crippen molar-refractivity contribution < 1.29 is 19.1 Å². The quantitative estimate of drug-likeness (QED) is 0.753. The molecule has 0 aliphatic carbocycles. The fraction of sp³-hybridized carbons (Fsp3) is 0.429. The van der Waals surface area contributed by atoms with Gasteiger partial charge in [-0.1, -0.05) is 17.7 Å². The van der Waals surface area contributed by atoms with Gasteiger partial charge in [0.05, 0.1) is 5.56 Å². The molecule has 2 rings (SSSR count). The fourth-order valence-electron chi connectivity index (χ4n) is 1.96. The monoisotopic (exact) mass is 248 g/mol. The van der Waals surface area contributed by atoms with Crippen molar-refractivity contribution in [2.24, 2.45) is 0 Å². The van der Waals surface area contributed by atoms with Crippen LogP contribution in [0.15, 0.2) is 18.2 Å². The number of ether oxygens (including phenoxy) is 2. The molecule has 1 aliphatic rings. The summed E-state index contributed by atoms with van der Waals surface area (Å²) in [4.78, 5) is 23.4. The maximum absolute atomic E-state index is 12.0. The molecule has 0 spiro atoms. The average Bonchev–Trinajstić information content (AvgIpc) is 2.61. The molecular weight excluding hydrogens is 232 g/mol. The van der Waals surface area contributed by atoms with Crippen LogP contribution in [0.4, 0.5) is 0 Å². The maximum atomic E-state index is 12.0. The zero-order valence-corrected chi connectivity index (χ0v) is 10.7. The summed E-state index contributed by atoms with van der Waals surface area (Å²) in [6, 6.07) is 5.56. The van der Waals surface area contributed by atoms with Gasteiger partial charge in [0, 0.05) is 6.42 Å². The molecule has 2 atom stereocenters. The van der Waals surface area contributed by atoms with Gasteiger partial charge < -0.3 is 9.47 Å². The van der Waals surface area contributed by atoms with E-state index in [1.54, 1.807) is 13.0 Å². The van der Waals surface area contributed by atoms with Gasteiger partial charge in [0.1, 0.15) is 6.10 Å². The van der Waals surface area contributed by atoms with Crippen molar-refractivity contribution in [3.05, 3.63) is 34.9 Å². The third kappa shape index (κ3) is 2.53. The number of cyclic esters (lactones) is 1. The van der Waals surface area contributed by atoms with E-state index in [9.17, 15) is 9.59 Å². The van der Waals surface area contributed by atoms with Gasteiger partial charge in [-0.15, -0.1) is 0 Å². The largest absolute Gasteiger partial charge is 0.460 e. The molecule has 0 radical (unpaired) electrons. The highest BCUT2D eigenvalue weighted by atomic mass is 16.6. The second-order valence-electron chi connectivity index (χ2n) is 4.70. The van der Waals surface area contributed by atoms with Crippen molar-refractivity contribution >= 4 is 11.9 Å². The molecule has 0 saturated carbocycles. The zero-order valence-electron chi connectivity index (χ0n) is 10.7. The highest BCUT2D eigenvalue weighted by Gasteiger charge is 2.35. The topological polar surface area (TPSA) is 52.6 Å². The van der Waals surface area contributed by atoms with Gasteiger partial charge in [-0.2, -0.15) is 0 Å². The predicted molar refractivity (Wildman–Crippen MR) is 65.3 cm³/mol. The van der Waals surface area contributed by atoms with E-state index in [1.807, 2.05) is 26.0 Å². The van der Waals surface area contributed by atoms with E-state index in [4.69, 9.17) is 9.47 Å². The smallest absolute Gasteiger partial charge is 0.347 e. The molecule has 0 aromatic heterocycles. The van der Waals surface area contributed by atoms with Gasteiger partial charge in [0.15, 0.2) is 0 Å². The number of benzene rings is 1. The van der Waals surface area contributed by atoms with Crippen molar-refractivity contribution in [1.29, 1.82) is 0 Å². The van der Waals surface area contributed by atoms with Crippen LogP contribution in [0.25, 0.3) is 0 Å². The lowest BCUT2D eigenvalue weighted by Crippen LogP contribution is -2.23. The predicted octanol–water partition coefficient (Wildman–Crippen LogP) is 2.16. The number of rotatable bonds is 2. The first kappa shape index (κ1) is 12.6. The summed E-state index contributed by atoms with van der Waals surface area (Å²) in [6.07, 6.45) is -0.531. The summed E-state index contributed by atoms with van der Waals surface area (Å²) in [5, 5.41) is 0. The Morgan fingerprint density at radius 1 is 1.39 bits per heavy atom. The first-order valence-electron chi connectivity index (χ1n) is 5.96. The van der Waals surface area contributed by atoms with Gasteiger partial charge in [0.25, 0.3) is 0 Å². The summed E-state index contributed by atoms with van der Waals surface area (Å²) < 4.78 is 10.2. The van der Waals surface area contributed by atoms with Crippen molar-refractivity contribution in [2.75, 3.05) is 0 Å². The van der Waals surface area contributed by atoms with Crippen molar-refractivity contribution in [3.63, 3.8) is 0 Å². The van der Waals surface area contributed by atoms with E-state index in [0.717, 1.165) is 11.1 Å². The Labute approximate surface area is 106 Å². The van der Waals surface area contributed by atoms with Crippen LogP contribution in [0.5, 0.6) is 0 Å². The molecule has 0 amide bonds. The van der Waals surface area contributed by atoms with Gasteiger partial charge in [-0.3, -0.25) is 0 Å². The SMILES string of the molecule is Cc1ccc(C)c(C(=O)OC2CC(C)OC2=O)c1. The van der Waals surface area contributed by atoms with E-state index < -0.39 is 18.0 Å². The first-order chi connectivity index (χ1) is 8.47. The van der Waals surface area contributed by atoms with Crippen LogP contribution in [-0.4, -0.2) is 24.1 Å². The molecule has 1 aromatic rings. The molecule has 2 unspecified atom stereocenters. The summed E-state index contributed by atoms with van der Waals surface area (Å²) in [7, 11) is 0. The zero-order chi connectivity index (χ0) is 13.3. The third-order valence-electron chi connectivity index (χ3n) is 2.99. The summed E-state index contributed by atoms with van der Waals surface area (Å²) in [6.45, 7) is 5.53. The molecule has 96 valence electrons. The van der Waals surface area contributed by atoms with Crippen LogP contribution >= 0.6 is 0 Å². The summed E-state index contributed by atoms with van der Waals surface area (Å²) >= 11 is 0. The minimum atomic E-state index is -0.771. The molecule has 18 heavy (non-hydrogen) atoms. The van der Waals surface area contributed by atoms with Crippen LogP contribution < -0.4 is 0 Å². The molecule has 0 bridgehead atoms. The molecule has 1 aromatic carbocycles. The number of esters is 2. The Balaban J connectivity index is 2.12. The van der Waals surface area contributed by atoms with Crippen LogP contribution in [-0.2, 0) is 14.3 Å². The first-order valence-corrected chi connectivity index (χ1v) is 5.96. The van der Waals surface area contributed by atoms with E-state index in [-0.39, 0.29) is 6.10 Å². The van der Waals surface area contributed by atoms with Gasteiger partial charge in [-0.05, 0) is 32.4 Å². The van der Waals surface area contributed by atoms with Crippen LogP contribution in [0.2, 0.25) is 0 Å². The number of carbonyl (C=O) groups excluding carboxylic acids is 2. The van der Waals surface area contributed by atoms with Gasteiger partial charge in [0.2, 0.25) is 6.10 Å². The van der Waals surface area contributed by atoms with Crippen molar-refractivity contribution in [1.82, 2.24) is 0 Å². The Kier molecular flexibility index (Phi) is 3.36. The molecule has 0 N–H and O–H groups in total. The summed E-state index contributed by atoms with van der Waals surface area (Å²) in [5.41, 5.74) is 2.32. The Bertz CT molecular complexity index is 493. The Hall–Kier alpha value is -1.84. The van der Waals surface area contributed by atoms with Crippen LogP contribution in [0, 0.1) is 13.8 Å². The number of aryl methyl sites for hydroxylation is 2. The van der Waals surface area contributed by atoms with Crippen molar-refractivity contribution in [2.45, 2.75) is 39.4 Å². The Morgan fingerprint density at radius 3 is 2.72 bits per heavy atom. The highest BCUT2D eigenvalue weighted by molar-refractivity contribution is 5.93. The molecule has 1 aliphatic heterocycles. The van der Waals surface area contributed by atoms with Crippen LogP contribution in [0.1, 0.15) is 34.8 Å². The van der Waals surface area contributed by atoms with E-state index in [1.165, 1.54) is 0 Å². The lowest BCUT2D eigenvalue weighted by atomic mass is 10.1. The number of hydrogen-bond donors (Lipinski definition) is 0. The molecule has 1 fully saturated rings. The minimum absolute atomic E-state index is 0.186. The Morgan fingerprint density at radius 2 is 2.11 bits per heavy atom. The van der Waals surface area contributed by atoms with E-state index in [2.05, 4.69) is 0 Å². The van der Waals surface area contributed by atoms with E-state index in [0.29, 0.717) is 12.0 Å². The second-order valence-corrected chi connectivity index (χ2v) is 4.70. The number of carbonyl (C=O) groups is 2. The lowest BCUT2D eigenvalue weighted by Gasteiger charge is -2.10. The van der Waals surface area contributed by atoms with Crippen molar-refractivity contribution in [3.8, 4) is 0 Å². The maximum Gasteiger partial charge on any atom is 0.347 e. The highest BCUT2D eigenvalue weighted by Crippen LogP contribution is 2.20. The minimum Gasteiger partial charge on any atom is -0.460 e. The number of hydrogen-bond acceptors (Lipinski definition) is 4. The van der Waals surface area contributed by atoms with Crippen LogP contribution in [0.3, 0.4) is 0 Å². The third-order valence-corrected chi connectivity index (χ3v) is 2.99. The fourth-order valence-corrected chi connectivity index (χ4v) is 1.96. The summed E-state index contributed by atoms with van der Waals surface area (Å²) in [5.74, 6) is -0.923. The molecule has 4 heteroatoms. The standard InChI is InChI=1S/C14H16O4/c1-8-4-5-9(2)11(6-8)13(15)18-12-7-10(3)17-14(12)16/h4-6,10,12H,7H2,1-3H3. The molecular formula is C14H16O4. The molecule has 1 saturated heterocycles. The average molecular weight is 248 g/mol. The lowest BCUT2D eigenvalue weighted by molar-refractivity contribution is -0.147.